The van der Waals surface area contributed by atoms with E-state index in [0.29, 0.717) is 29.9 Å². The van der Waals surface area contributed by atoms with Gasteiger partial charge in [0.25, 0.3) is 5.91 Å². The number of fused-ring (bicyclic) bond motifs is 2. The summed E-state index contributed by atoms with van der Waals surface area (Å²) < 4.78 is 41.3. The highest BCUT2D eigenvalue weighted by molar-refractivity contribution is 6.33. The second kappa shape index (κ2) is 9.88. The standard InChI is InChI=1S/C27H22Cl2F3N3O/c28-24-12-18(13-25(29)33-24)26(36)35-16-27(21-14-19(30)5-6-23(21)35)7-10-34(11-8-27)9-1-2-17-3-4-20(31)15-22(17)32/h1-6,12-15H,7-11,16H2. The van der Waals surface area contributed by atoms with E-state index < -0.39 is 11.6 Å². The van der Waals surface area contributed by atoms with Gasteiger partial charge in [-0.3, -0.25) is 9.69 Å². The molecule has 186 valence electrons. The van der Waals surface area contributed by atoms with Gasteiger partial charge in [-0.1, -0.05) is 35.4 Å². The number of rotatable bonds is 4. The number of amides is 1. The molecule has 3 aromatic rings. The quantitative estimate of drug-likeness (QED) is 0.360. The van der Waals surface area contributed by atoms with Crippen LogP contribution in [0.15, 0.2) is 54.6 Å². The molecule has 1 spiro atoms. The molecule has 2 aliphatic rings. The average Bonchev–Trinajstić information content (AvgIpc) is 3.14. The molecular weight excluding hydrogens is 510 g/mol. The lowest BCUT2D eigenvalue weighted by molar-refractivity contribution is 0.0977. The molecule has 2 aliphatic heterocycles. The lowest BCUT2D eigenvalue weighted by Gasteiger charge is -2.39. The van der Waals surface area contributed by atoms with Gasteiger partial charge in [-0.05, 0) is 74.0 Å². The van der Waals surface area contributed by atoms with Gasteiger partial charge in [-0.2, -0.15) is 0 Å². The third kappa shape index (κ3) is 4.88. The number of likely N-dealkylation sites (tertiary alicyclic amines) is 1. The van der Waals surface area contributed by atoms with Gasteiger partial charge >= 0.3 is 0 Å². The maximum atomic E-state index is 14.3. The number of anilines is 1. The first-order chi connectivity index (χ1) is 17.2. The summed E-state index contributed by atoms with van der Waals surface area (Å²) in [6.07, 6.45) is 4.95. The Morgan fingerprint density at radius 1 is 0.972 bits per heavy atom. The van der Waals surface area contributed by atoms with E-state index in [9.17, 15) is 18.0 Å². The van der Waals surface area contributed by atoms with Gasteiger partial charge in [0.15, 0.2) is 0 Å². The van der Waals surface area contributed by atoms with Gasteiger partial charge in [0.2, 0.25) is 0 Å². The van der Waals surface area contributed by atoms with Crippen molar-refractivity contribution in [1.82, 2.24) is 9.88 Å². The normalized spacial score (nSPS) is 17.2. The van der Waals surface area contributed by atoms with E-state index >= 15 is 0 Å². The number of nitrogens with zero attached hydrogens (tertiary/aromatic N) is 3. The predicted octanol–water partition coefficient (Wildman–Crippen LogP) is 6.51. The van der Waals surface area contributed by atoms with E-state index in [1.807, 2.05) is 6.08 Å². The number of benzene rings is 2. The minimum atomic E-state index is -0.609. The van der Waals surface area contributed by atoms with Crippen molar-refractivity contribution in [3.63, 3.8) is 0 Å². The lowest BCUT2D eigenvalue weighted by Crippen LogP contribution is -2.46. The smallest absolute Gasteiger partial charge is 0.258 e. The molecule has 9 heteroatoms. The molecule has 0 radical (unpaired) electrons. The molecule has 0 bridgehead atoms. The first kappa shape index (κ1) is 24.8. The average molecular weight is 532 g/mol. The summed E-state index contributed by atoms with van der Waals surface area (Å²) in [5, 5.41) is 0.252. The molecule has 3 heterocycles. The minimum Gasteiger partial charge on any atom is -0.307 e. The molecule has 0 aliphatic carbocycles. The number of pyridine rings is 1. The molecular formula is C27H22Cl2F3N3O. The molecule has 36 heavy (non-hydrogen) atoms. The van der Waals surface area contributed by atoms with Gasteiger partial charge in [0, 0.05) is 41.4 Å². The first-order valence-corrected chi connectivity index (χ1v) is 12.3. The maximum absolute atomic E-state index is 14.3. The molecule has 2 aromatic carbocycles. The van der Waals surface area contributed by atoms with Gasteiger partial charge in [-0.25, -0.2) is 18.2 Å². The van der Waals surface area contributed by atoms with Crippen LogP contribution in [0.2, 0.25) is 10.3 Å². The van der Waals surface area contributed by atoms with Crippen molar-refractivity contribution >= 4 is 40.9 Å². The molecule has 5 rings (SSSR count). The number of carbonyl (C=O) groups is 1. The SMILES string of the molecule is O=C(c1cc(Cl)nc(Cl)c1)N1CC2(CCN(CC=Cc3ccc(F)cc3F)CC2)c2cc(F)ccc21. The van der Waals surface area contributed by atoms with Crippen molar-refractivity contribution in [1.29, 1.82) is 0 Å². The van der Waals surface area contributed by atoms with E-state index in [4.69, 9.17) is 23.2 Å². The van der Waals surface area contributed by atoms with Crippen molar-refractivity contribution in [2.45, 2.75) is 18.3 Å². The topological polar surface area (TPSA) is 36.4 Å². The third-order valence-electron chi connectivity index (χ3n) is 6.97. The molecule has 0 unspecified atom stereocenters. The monoisotopic (exact) mass is 531 g/mol. The molecule has 0 N–H and O–H groups in total. The van der Waals surface area contributed by atoms with Crippen LogP contribution in [0.1, 0.15) is 34.3 Å². The molecule has 1 amide bonds. The van der Waals surface area contributed by atoms with Crippen LogP contribution in [0.3, 0.4) is 0 Å². The van der Waals surface area contributed by atoms with Gasteiger partial charge in [0.05, 0.1) is 0 Å². The van der Waals surface area contributed by atoms with Gasteiger partial charge in [-0.15, -0.1) is 0 Å². The van der Waals surface area contributed by atoms with E-state index in [1.54, 1.807) is 17.0 Å². The Hall–Kier alpha value is -2.87. The summed E-state index contributed by atoms with van der Waals surface area (Å²) in [4.78, 5) is 21.2. The van der Waals surface area contributed by atoms with Gasteiger partial charge < -0.3 is 4.90 Å². The number of piperidine rings is 1. The van der Waals surface area contributed by atoms with Crippen LogP contribution in [0.4, 0.5) is 18.9 Å². The minimum absolute atomic E-state index is 0.126. The Balaban J connectivity index is 1.32. The van der Waals surface area contributed by atoms with Gasteiger partial charge in [0.1, 0.15) is 27.8 Å². The molecule has 1 fully saturated rings. The molecule has 0 saturated carbocycles. The highest BCUT2D eigenvalue weighted by atomic mass is 35.5. The zero-order valence-corrected chi connectivity index (χ0v) is 20.7. The molecule has 4 nitrogen and oxygen atoms in total. The number of hydrogen-bond acceptors (Lipinski definition) is 3. The summed E-state index contributed by atoms with van der Waals surface area (Å²) in [6, 6.07) is 11.0. The molecule has 1 aromatic heterocycles. The largest absolute Gasteiger partial charge is 0.307 e. The van der Waals surface area contributed by atoms with E-state index in [1.165, 1.54) is 36.4 Å². The van der Waals surface area contributed by atoms with Crippen LogP contribution in [0.5, 0.6) is 0 Å². The molecule has 0 atom stereocenters. The predicted molar refractivity (Wildman–Crippen MR) is 135 cm³/mol. The maximum Gasteiger partial charge on any atom is 0.258 e. The highest BCUT2D eigenvalue weighted by Crippen LogP contribution is 2.47. The second-order valence-electron chi connectivity index (χ2n) is 9.20. The fourth-order valence-electron chi connectivity index (χ4n) is 5.12. The Kier molecular flexibility index (Phi) is 6.81. The summed E-state index contributed by atoms with van der Waals surface area (Å²) in [6.45, 7) is 2.47. The van der Waals surface area contributed by atoms with Crippen molar-refractivity contribution in [3.05, 3.63) is 99.1 Å². The summed E-state index contributed by atoms with van der Waals surface area (Å²) >= 11 is 12.0. The van der Waals surface area contributed by atoms with Crippen molar-refractivity contribution in [2.75, 3.05) is 31.1 Å². The fraction of sp³-hybridized carbons (Fsp3) is 0.259. The van der Waals surface area contributed by atoms with Crippen LogP contribution in [-0.4, -0.2) is 42.0 Å². The number of carbonyl (C=O) groups excluding carboxylic acids is 1. The molecule has 1 saturated heterocycles. The summed E-state index contributed by atoms with van der Waals surface area (Å²) in [5.74, 6) is -1.82. The fourth-order valence-corrected chi connectivity index (χ4v) is 5.58. The van der Waals surface area contributed by atoms with E-state index in [-0.39, 0.29) is 27.4 Å². The zero-order chi connectivity index (χ0) is 25.4. The Morgan fingerprint density at radius 2 is 1.64 bits per heavy atom. The summed E-state index contributed by atoms with van der Waals surface area (Å²) in [5.41, 5.74) is 1.78. The Morgan fingerprint density at radius 3 is 2.33 bits per heavy atom. The van der Waals surface area contributed by atoms with Crippen LogP contribution < -0.4 is 4.90 Å². The van der Waals surface area contributed by atoms with Crippen LogP contribution >= 0.6 is 23.2 Å². The van der Waals surface area contributed by atoms with E-state index in [2.05, 4.69) is 9.88 Å². The number of hydrogen-bond donors (Lipinski definition) is 0. The summed E-state index contributed by atoms with van der Waals surface area (Å²) in [7, 11) is 0. The highest BCUT2D eigenvalue weighted by Gasteiger charge is 2.46. The van der Waals surface area contributed by atoms with E-state index in [0.717, 1.165) is 37.6 Å². The van der Waals surface area contributed by atoms with Crippen LogP contribution in [-0.2, 0) is 5.41 Å². The van der Waals surface area contributed by atoms with Crippen molar-refractivity contribution < 1.29 is 18.0 Å². The zero-order valence-electron chi connectivity index (χ0n) is 19.2. The number of halogens is 5. The second-order valence-corrected chi connectivity index (χ2v) is 9.98. The Labute approximate surface area is 216 Å². The lowest BCUT2D eigenvalue weighted by atomic mass is 9.74. The van der Waals surface area contributed by atoms with Crippen LogP contribution in [0.25, 0.3) is 6.08 Å². The Bertz CT molecular complexity index is 1340. The first-order valence-electron chi connectivity index (χ1n) is 11.5. The van der Waals surface area contributed by atoms with Crippen LogP contribution in [0, 0.1) is 17.5 Å². The third-order valence-corrected chi connectivity index (χ3v) is 7.36. The van der Waals surface area contributed by atoms with Crippen molar-refractivity contribution in [2.24, 2.45) is 0 Å². The number of aromatic nitrogens is 1. The van der Waals surface area contributed by atoms with Crippen molar-refractivity contribution in [3.8, 4) is 0 Å².